The summed E-state index contributed by atoms with van der Waals surface area (Å²) in [4.78, 5) is 3.40. The molecule has 0 spiro atoms. The van der Waals surface area contributed by atoms with E-state index in [2.05, 4.69) is 40.5 Å². The van der Waals surface area contributed by atoms with Crippen molar-refractivity contribution in [3.05, 3.63) is 30.3 Å². The topological polar surface area (TPSA) is 15.8 Å². The molecule has 0 bridgehead atoms. The zero-order chi connectivity index (χ0) is 7.68. The van der Waals surface area contributed by atoms with Gasteiger partial charge in [-0.1, -0.05) is 0 Å². The van der Waals surface area contributed by atoms with Crippen LogP contribution in [0, 0.1) is 0 Å². The molecule has 0 amide bonds. The third-order valence-corrected chi connectivity index (χ3v) is 3.06. The Morgan fingerprint density at radius 2 is 1.85 bits per heavy atom. The number of H-pyrrole nitrogens is 1. The molecule has 4 heteroatoms. The van der Waals surface area contributed by atoms with Crippen LogP contribution in [0.25, 0.3) is 10.9 Å². The van der Waals surface area contributed by atoms with Gasteiger partial charge >= 0.3 is 74.6 Å². The molecular weight excluding hydrogens is 241 g/mol. The van der Waals surface area contributed by atoms with E-state index >= 15 is 0 Å². The van der Waals surface area contributed by atoms with Gasteiger partial charge in [-0.15, -0.1) is 0 Å². The fraction of sp³-hybridized carbons (Fsp3) is 0.111. The molecule has 0 aliphatic heterocycles. The van der Waals surface area contributed by atoms with Crippen molar-refractivity contribution >= 4 is 14.9 Å². The van der Waals surface area contributed by atoms with E-state index in [9.17, 15) is 0 Å². The van der Waals surface area contributed by atoms with Crippen LogP contribution in [0.3, 0.4) is 0 Å². The molecule has 2 aromatic rings. The number of benzene rings is 1. The predicted molar refractivity (Wildman–Crippen MR) is 43.8 cm³/mol. The van der Waals surface area contributed by atoms with E-state index in [4.69, 9.17) is 0 Å². The van der Waals surface area contributed by atoms with E-state index in [1.807, 2.05) is 0 Å². The van der Waals surface area contributed by atoms with Crippen molar-refractivity contribution in [3.63, 3.8) is 0 Å². The van der Waals surface area contributed by atoms with Gasteiger partial charge in [-0.25, -0.2) is 0 Å². The van der Waals surface area contributed by atoms with Gasteiger partial charge in [0.1, 0.15) is 0 Å². The molecule has 0 aliphatic carbocycles. The monoisotopic (exact) mass is 249 g/mol. The van der Waals surface area contributed by atoms with E-state index in [0.717, 1.165) is 0 Å². The molecule has 0 aliphatic rings. The molecule has 1 heterocycles. The number of hydrogen-bond donors (Lipinski definition) is 1. The van der Waals surface area contributed by atoms with Gasteiger partial charge in [0.25, 0.3) is 0 Å². The van der Waals surface area contributed by atoms with Gasteiger partial charge in [0, 0.05) is 0 Å². The number of aromatic amines is 1. The maximum absolute atomic E-state index is 3.40. The average molecular weight is 250 g/mol. The normalized spacial score (nSPS) is 8.38. The molecule has 1 N–H and O–H groups in total. The molecule has 0 fully saturated rings. The zero-order valence-electron chi connectivity index (χ0n) is 7.14. The zero-order valence-corrected chi connectivity index (χ0v) is 10.2. The second-order valence-corrected chi connectivity index (χ2v) is 4.14. The average Bonchev–Trinajstić information content (AvgIpc) is 2.46. The van der Waals surface area contributed by atoms with Crippen LogP contribution in [-0.2, 0) is 19.2 Å². The van der Waals surface area contributed by atoms with Crippen molar-refractivity contribution in [1.82, 2.24) is 4.98 Å². The van der Waals surface area contributed by atoms with Crippen LogP contribution in [0.4, 0.5) is 0 Å². The number of halogens is 2. The molecule has 1 aromatic heterocycles. The number of fused-ring (bicyclic) bond motifs is 1. The molecule has 0 radical (unpaired) electrons. The third-order valence-electron chi connectivity index (χ3n) is 1.80. The van der Waals surface area contributed by atoms with Crippen molar-refractivity contribution < 1.29 is 44.0 Å². The van der Waals surface area contributed by atoms with Crippen LogP contribution < -0.4 is 28.8 Å². The number of para-hydroxylation sites is 1. The minimum atomic E-state index is 0. The molecule has 0 saturated carbocycles. The van der Waals surface area contributed by atoms with Crippen molar-refractivity contribution in [2.24, 2.45) is 0 Å². The first kappa shape index (κ1) is 13.1. The van der Waals surface area contributed by atoms with E-state index in [1.165, 1.54) is 14.9 Å². The van der Waals surface area contributed by atoms with Crippen molar-refractivity contribution in [2.75, 3.05) is 0 Å². The number of hydrogen-bond acceptors (Lipinski definition) is 0. The fourth-order valence-electron chi connectivity index (χ4n) is 1.21. The SMILES string of the molecule is [CH3][Ti+2][c]1cc2ccccc2[nH]1.[Cl-].[Cl-]. The quantitative estimate of drug-likeness (QED) is 0.496. The van der Waals surface area contributed by atoms with Gasteiger partial charge in [-0.05, 0) is 0 Å². The van der Waals surface area contributed by atoms with Crippen LogP contribution in [-0.4, -0.2) is 4.98 Å². The van der Waals surface area contributed by atoms with Gasteiger partial charge in [0.15, 0.2) is 0 Å². The Balaban J connectivity index is 0.000000720. The summed E-state index contributed by atoms with van der Waals surface area (Å²) in [6.07, 6.45) is 0. The minimum absolute atomic E-state index is 0. The number of nitrogens with one attached hydrogen (secondary N) is 1. The molecule has 0 saturated heterocycles. The summed E-state index contributed by atoms with van der Waals surface area (Å²) >= 11 is 0.0867. The Hall–Kier alpha value is 0.0543. The third kappa shape index (κ3) is 2.75. The fourth-order valence-corrected chi connectivity index (χ4v) is 2.08. The van der Waals surface area contributed by atoms with E-state index in [1.54, 1.807) is 0 Å². The number of aromatic nitrogens is 1. The molecule has 0 unspecified atom stereocenters. The largest absolute Gasteiger partial charge is 1.00 e. The molecule has 0 atom stereocenters. The molecular formula is C9H9Cl2NTi. The molecule has 2 rings (SSSR count). The summed E-state index contributed by atoms with van der Waals surface area (Å²) in [6, 6.07) is 10.7. The van der Waals surface area contributed by atoms with Crippen LogP contribution in [0.5, 0.6) is 0 Å². The summed E-state index contributed by atoms with van der Waals surface area (Å²) in [5, 5.41) is 3.62. The predicted octanol–water partition coefficient (Wildman–Crippen LogP) is -4.07. The summed E-state index contributed by atoms with van der Waals surface area (Å²) < 4.78 is 1.44. The van der Waals surface area contributed by atoms with Crippen LogP contribution in [0.1, 0.15) is 0 Å². The van der Waals surface area contributed by atoms with E-state index in [-0.39, 0.29) is 44.0 Å². The standard InChI is InChI=1S/C8H6N.CH3.2ClH.Ti/c1-2-4-8-7(3-1)5-6-9-8;;;;/h1-5,9H;1H3;2*1H;/q;;;;+2/p-2. The Bertz CT molecular complexity index is 339. The number of rotatable bonds is 1. The van der Waals surface area contributed by atoms with Crippen LogP contribution in [0.2, 0.25) is 5.23 Å². The minimum Gasteiger partial charge on any atom is -1.00 e. The Kier molecular flexibility index (Phi) is 5.74. The first-order valence-electron chi connectivity index (χ1n) is 3.65. The Morgan fingerprint density at radius 1 is 1.15 bits per heavy atom. The van der Waals surface area contributed by atoms with E-state index < -0.39 is 0 Å². The second kappa shape index (κ2) is 5.72. The van der Waals surface area contributed by atoms with Gasteiger partial charge < -0.3 is 24.8 Å². The van der Waals surface area contributed by atoms with Gasteiger partial charge in [0.05, 0.1) is 0 Å². The van der Waals surface area contributed by atoms with E-state index in [0.29, 0.717) is 0 Å². The molecule has 1 aromatic carbocycles. The van der Waals surface area contributed by atoms with Crippen molar-refractivity contribution in [1.29, 1.82) is 0 Å². The van der Waals surface area contributed by atoms with Crippen molar-refractivity contribution in [2.45, 2.75) is 5.23 Å². The van der Waals surface area contributed by atoms with Gasteiger partial charge in [-0.3, -0.25) is 0 Å². The second-order valence-electron chi connectivity index (χ2n) is 2.52. The molecule has 1 nitrogen and oxygen atoms in total. The first-order valence-corrected chi connectivity index (χ1v) is 6.00. The summed E-state index contributed by atoms with van der Waals surface area (Å²) in [5.74, 6) is 0. The maximum atomic E-state index is 3.40. The Labute approximate surface area is 99.0 Å². The maximum Gasteiger partial charge on any atom is -1.00 e. The summed E-state index contributed by atoms with van der Waals surface area (Å²) in [6.45, 7) is 0. The summed E-state index contributed by atoms with van der Waals surface area (Å²) in [7, 11) is 0. The van der Waals surface area contributed by atoms with Crippen molar-refractivity contribution in [3.8, 4) is 0 Å². The van der Waals surface area contributed by atoms with Gasteiger partial charge in [0.2, 0.25) is 0 Å². The van der Waals surface area contributed by atoms with Gasteiger partial charge in [-0.2, -0.15) is 0 Å². The Morgan fingerprint density at radius 3 is 2.46 bits per heavy atom. The smallest absolute Gasteiger partial charge is 1.00 e. The van der Waals surface area contributed by atoms with Crippen LogP contribution >= 0.6 is 0 Å². The first-order chi connectivity index (χ1) is 5.40. The molecule has 13 heavy (non-hydrogen) atoms. The van der Waals surface area contributed by atoms with Crippen LogP contribution in [0.15, 0.2) is 30.3 Å². The molecule has 68 valence electrons. The summed E-state index contributed by atoms with van der Waals surface area (Å²) in [5.41, 5.74) is 1.27.